The maximum Gasteiger partial charge on any atom is 0.333 e. The maximum atomic E-state index is 11.1. The van der Waals surface area contributed by atoms with Crippen molar-refractivity contribution in [2.45, 2.75) is 39.0 Å². The Morgan fingerprint density at radius 1 is 1.35 bits per heavy atom. The van der Waals surface area contributed by atoms with Gasteiger partial charge in [0.05, 0.1) is 4.92 Å². The van der Waals surface area contributed by atoms with Crippen LogP contribution in [0, 0.1) is 10.1 Å². The van der Waals surface area contributed by atoms with E-state index in [1.807, 2.05) is 18.7 Å². The molecule has 0 saturated heterocycles. The van der Waals surface area contributed by atoms with E-state index in [9.17, 15) is 10.1 Å². The molecule has 1 heterocycles. The second-order valence-corrected chi connectivity index (χ2v) is 5.70. The van der Waals surface area contributed by atoms with Crippen LogP contribution in [-0.4, -0.2) is 33.3 Å². The number of nitrogens with one attached hydrogen (secondary N) is 1. The second kappa shape index (κ2) is 8.84. The number of nitrogens with zero attached hydrogens (tertiary/aromatic N) is 3. The van der Waals surface area contributed by atoms with Crippen LogP contribution in [-0.2, 0) is 13.5 Å². The molecule has 1 rings (SSSR count). The second-order valence-electron chi connectivity index (χ2n) is 4.71. The predicted octanol–water partition coefficient (Wildman–Crippen LogP) is 3.23. The Balaban J connectivity index is 2.47. The highest BCUT2D eigenvalue weighted by molar-refractivity contribution is 7.98. The molecular formula is C13H24N4O2S. The molecule has 1 aromatic rings. The van der Waals surface area contributed by atoms with E-state index in [2.05, 4.69) is 16.7 Å². The molecule has 0 bridgehead atoms. The lowest BCUT2D eigenvalue weighted by Crippen LogP contribution is -2.08. The molecule has 0 saturated carbocycles. The average Bonchev–Trinajstić information content (AvgIpc) is 2.74. The van der Waals surface area contributed by atoms with Crippen molar-refractivity contribution in [3.63, 3.8) is 0 Å². The first-order chi connectivity index (χ1) is 9.61. The minimum atomic E-state index is -0.341. The van der Waals surface area contributed by atoms with Crippen molar-refractivity contribution in [1.29, 1.82) is 0 Å². The van der Waals surface area contributed by atoms with E-state index in [0.29, 0.717) is 17.9 Å². The van der Waals surface area contributed by atoms with Gasteiger partial charge in [-0.25, -0.2) is 4.68 Å². The molecule has 0 aliphatic rings. The Bertz CT molecular complexity index is 434. The van der Waals surface area contributed by atoms with E-state index in [1.165, 1.54) is 18.6 Å². The Morgan fingerprint density at radius 3 is 2.65 bits per heavy atom. The summed E-state index contributed by atoms with van der Waals surface area (Å²) in [6, 6.07) is 0. The molecule has 0 aliphatic carbocycles. The van der Waals surface area contributed by atoms with Gasteiger partial charge in [0, 0.05) is 13.6 Å². The van der Waals surface area contributed by atoms with Crippen molar-refractivity contribution in [1.82, 2.24) is 9.78 Å². The van der Waals surface area contributed by atoms with Crippen LogP contribution >= 0.6 is 11.8 Å². The summed E-state index contributed by atoms with van der Waals surface area (Å²) in [5, 5.41) is 18.5. The molecule has 1 aromatic heterocycles. The van der Waals surface area contributed by atoms with Crippen LogP contribution in [0.1, 0.15) is 38.3 Å². The summed E-state index contributed by atoms with van der Waals surface area (Å²) in [4.78, 5) is 10.8. The number of hydrogen-bond acceptors (Lipinski definition) is 5. The highest BCUT2D eigenvalue weighted by Crippen LogP contribution is 2.28. The molecule has 0 spiro atoms. The van der Waals surface area contributed by atoms with Crippen molar-refractivity contribution in [3.8, 4) is 0 Å². The van der Waals surface area contributed by atoms with Crippen LogP contribution < -0.4 is 5.32 Å². The molecule has 7 heteroatoms. The van der Waals surface area contributed by atoms with Gasteiger partial charge in [-0.1, -0.05) is 19.8 Å². The van der Waals surface area contributed by atoms with Crippen molar-refractivity contribution in [2.75, 3.05) is 23.9 Å². The Labute approximate surface area is 124 Å². The zero-order valence-corrected chi connectivity index (χ0v) is 13.3. The Morgan fingerprint density at radius 2 is 2.05 bits per heavy atom. The van der Waals surface area contributed by atoms with Gasteiger partial charge in [-0.05, 0) is 31.3 Å². The number of anilines is 1. The predicted molar refractivity (Wildman–Crippen MR) is 84.6 cm³/mol. The fourth-order valence-corrected chi connectivity index (χ4v) is 2.62. The van der Waals surface area contributed by atoms with Gasteiger partial charge in [-0.3, -0.25) is 10.1 Å². The number of rotatable bonds is 10. The van der Waals surface area contributed by atoms with Crippen LogP contribution in [0.4, 0.5) is 11.5 Å². The van der Waals surface area contributed by atoms with Crippen molar-refractivity contribution >= 4 is 23.3 Å². The van der Waals surface area contributed by atoms with E-state index in [-0.39, 0.29) is 10.6 Å². The molecule has 6 nitrogen and oxygen atoms in total. The molecular weight excluding hydrogens is 276 g/mol. The normalized spacial score (nSPS) is 10.8. The monoisotopic (exact) mass is 300 g/mol. The summed E-state index contributed by atoms with van der Waals surface area (Å²) in [5.74, 6) is 1.73. The first kappa shape index (κ1) is 16.8. The SMILES string of the molecule is CCc1nn(C)c(NCCCCCCSC)c1[N+](=O)[O-]. The summed E-state index contributed by atoms with van der Waals surface area (Å²) in [6.07, 6.45) is 7.33. The third-order valence-corrected chi connectivity index (χ3v) is 3.87. The molecule has 20 heavy (non-hydrogen) atoms. The van der Waals surface area contributed by atoms with Gasteiger partial charge >= 0.3 is 5.69 Å². The van der Waals surface area contributed by atoms with Crippen molar-refractivity contribution in [3.05, 3.63) is 15.8 Å². The third kappa shape index (κ3) is 4.70. The summed E-state index contributed by atoms with van der Waals surface area (Å²) in [7, 11) is 1.74. The lowest BCUT2D eigenvalue weighted by molar-refractivity contribution is -0.384. The van der Waals surface area contributed by atoms with E-state index < -0.39 is 0 Å². The molecule has 114 valence electrons. The topological polar surface area (TPSA) is 73.0 Å². The summed E-state index contributed by atoms with van der Waals surface area (Å²) >= 11 is 1.87. The highest BCUT2D eigenvalue weighted by Gasteiger charge is 2.24. The minimum Gasteiger partial charge on any atom is -0.365 e. The Kier molecular flexibility index (Phi) is 7.43. The lowest BCUT2D eigenvalue weighted by atomic mass is 10.2. The zero-order chi connectivity index (χ0) is 15.0. The molecule has 0 amide bonds. The number of hydrogen-bond donors (Lipinski definition) is 1. The van der Waals surface area contributed by atoms with Gasteiger partial charge in [0.15, 0.2) is 0 Å². The fraction of sp³-hybridized carbons (Fsp3) is 0.769. The minimum absolute atomic E-state index is 0.123. The van der Waals surface area contributed by atoms with Crippen LogP contribution in [0.5, 0.6) is 0 Å². The largest absolute Gasteiger partial charge is 0.365 e. The van der Waals surface area contributed by atoms with Crippen LogP contribution in [0.2, 0.25) is 0 Å². The molecule has 0 fully saturated rings. The molecule has 0 aliphatic heterocycles. The smallest absolute Gasteiger partial charge is 0.333 e. The van der Waals surface area contributed by atoms with E-state index in [4.69, 9.17) is 0 Å². The van der Waals surface area contributed by atoms with Gasteiger partial charge in [-0.2, -0.15) is 16.9 Å². The first-order valence-corrected chi connectivity index (χ1v) is 8.44. The Hall–Kier alpha value is -1.24. The quantitative estimate of drug-likeness (QED) is 0.408. The molecule has 1 N–H and O–H groups in total. The number of aryl methyl sites for hydroxylation is 2. The average molecular weight is 300 g/mol. The molecule has 0 radical (unpaired) electrons. The summed E-state index contributed by atoms with van der Waals surface area (Å²) in [6.45, 7) is 2.63. The van der Waals surface area contributed by atoms with Gasteiger partial charge < -0.3 is 5.32 Å². The maximum absolute atomic E-state index is 11.1. The van der Waals surface area contributed by atoms with Crippen molar-refractivity contribution < 1.29 is 4.92 Å². The third-order valence-electron chi connectivity index (χ3n) is 3.18. The standard InChI is InChI=1S/C13H24N4O2S/c1-4-11-12(17(18)19)13(16(2)15-11)14-9-7-5-6-8-10-20-3/h14H,4-10H2,1-3H3. The van der Waals surface area contributed by atoms with E-state index >= 15 is 0 Å². The highest BCUT2D eigenvalue weighted by atomic mass is 32.2. The van der Waals surface area contributed by atoms with Gasteiger partial charge in [-0.15, -0.1) is 0 Å². The summed E-state index contributed by atoms with van der Waals surface area (Å²) in [5.41, 5.74) is 0.664. The first-order valence-electron chi connectivity index (χ1n) is 7.04. The van der Waals surface area contributed by atoms with Gasteiger partial charge in [0.1, 0.15) is 5.69 Å². The van der Waals surface area contributed by atoms with Crippen molar-refractivity contribution in [2.24, 2.45) is 7.05 Å². The van der Waals surface area contributed by atoms with Gasteiger partial charge in [0.2, 0.25) is 5.82 Å². The fourth-order valence-electron chi connectivity index (χ4n) is 2.13. The van der Waals surface area contributed by atoms with E-state index in [1.54, 1.807) is 11.7 Å². The number of thioether (sulfide) groups is 1. The lowest BCUT2D eigenvalue weighted by Gasteiger charge is -2.06. The number of unbranched alkanes of at least 4 members (excludes halogenated alkanes) is 3. The number of nitro groups is 1. The van der Waals surface area contributed by atoms with Crippen LogP contribution in [0.3, 0.4) is 0 Å². The summed E-state index contributed by atoms with van der Waals surface area (Å²) < 4.78 is 1.57. The van der Waals surface area contributed by atoms with Gasteiger partial charge in [0.25, 0.3) is 0 Å². The molecule has 0 unspecified atom stereocenters. The van der Waals surface area contributed by atoms with Crippen LogP contribution in [0.15, 0.2) is 0 Å². The van der Waals surface area contributed by atoms with E-state index in [0.717, 1.165) is 19.4 Å². The van der Waals surface area contributed by atoms with Crippen LogP contribution in [0.25, 0.3) is 0 Å². The number of aromatic nitrogens is 2. The molecule has 0 atom stereocenters. The molecule has 0 aromatic carbocycles. The zero-order valence-electron chi connectivity index (χ0n) is 12.5.